The van der Waals surface area contributed by atoms with Crippen molar-refractivity contribution in [2.75, 3.05) is 6.54 Å². The van der Waals surface area contributed by atoms with Gasteiger partial charge in [0.1, 0.15) is 0 Å². The van der Waals surface area contributed by atoms with Crippen LogP contribution in [0.2, 0.25) is 0 Å². The highest BCUT2D eigenvalue weighted by Crippen LogP contribution is 2.14. The first-order valence-electron chi connectivity index (χ1n) is 4.47. The topological polar surface area (TPSA) is 77.8 Å². The molecule has 1 aromatic carbocycles. The van der Waals surface area contributed by atoms with E-state index in [1.165, 1.54) is 0 Å². The van der Waals surface area contributed by atoms with Gasteiger partial charge in [-0.3, -0.25) is 9.97 Å². The van der Waals surface area contributed by atoms with Crippen LogP contribution in [-0.2, 0) is 0 Å². The van der Waals surface area contributed by atoms with Gasteiger partial charge in [-0.2, -0.15) is 0 Å². The van der Waals surface area contributed by atoms with Crippen molar-refractivity contribution in [3.63, 3.8) is 0 Å². The molecule has 72 valence electrons. The van der Waals surface area contributed by atoms with E-state index in [2.05, 4.69) is 9.97 Å². The van der Waals surface area contributed by atoms with Crippen LogP contribution < -0.4 is 11.5 Å². The van der Waals surface area contributed by atoms with Crippen LogP contribution in [0.3, 0.4) is 0 Å². The van der Waals surface area contributed by atoms with Crippen molar-refractivity contribution < 1.29 is 0 Å². The number of nitrogens with two attached hydrogens (primary N) is 2. The number of benzene rings is 1. The van der Waals surface area contributed by atoms with E-state index in [1.807, 2.05) is 18.2 Å². The Bertz CT molecular complexity index is 441. The lowest BCUT2D eigenvalue weighted by Crippen LogP contribution is -2.20. The molecule has 4 nitrogen and oxygen atoms in total. The first-order valence-corrected chi connectivity index (χ1v) is 4.47. The van der Waals surface area contributed by atoms with Gasteiger partial charge in [-0.05, 0) is 17.7 Å². The summed E-state index contributed by atoms with van der Waals surface area (Å²) in [6, 6.07) is 5.66. The molecule has 2 aromatic rings. The van der Waals surface area contributed by atoms with Crippen LogP contribution in [0.15, 0.2) is 30.6 Å². The van der Waals surface area contributed by atoms with Crippen molar-refractivity contribution in [1.82, 2.24) is 9.97 Å². The number of aromatic nitrogens is 2. The monoisotopic (exact) mass is 188 g/mol. The fraction of sp³-hybridized carbons (Fsp3) is 0.200. The van der Waals surface area contributed by atoms with E-state index in [9.17, 15) is 0 Å². The van der Waals surface area contributed by atoms with E-state index < -0.39 is 0 Å². The zero-order valence-corrected chi connectivity index (χ0v) is 7.72. The lowest BCUT2D eigenvalue weighted by atomic mass is 10.1. The second kappa shape index (κ2) is 3.69. The fourth-order valence-electron chi connectivity index (χ4n) is 1.35. The molecule has 4 N–H and O–H groups in total. The number of fused-ring (bicyclic) bond motifs is 1. The number of hydrogen-bond acceptors (Lipinski definition) is 4. The second-order valence-corrected chi connectivity index (χ2v) is 3.15. The molecular formula is C10H12N4. The summed E-state index contributed by atoms with van der Waals surface area (Å²) in [6.07, 6.45) is 3.34. The van der Waals surface area contributed by atoms with Crippen molar-refractivity contribution in [2.45, 2.75) is 6.04 Å². The third kappa shape index (κ3) is 1.57. The standard InChI is InChI=1S/C10H12N4/c11-6-8(12)7-1-2-9-10(5-7)14-4-3-13-9/h1-5,8H,6,11-12H2. The predicted molar refractivity (Wildman–Crippen MR) is 55.5 cm³/mol. The Morgan fingerprint density at radius 1 is 1.14 bits per heavy atom. The Balaban J connectivity index is 2.51. The van der Waals surface area contributed by atoms with Crippen molar-refractivity contribution in [1.29, 1.82) is 0 Å². The number of hydrogen-bond donors (Lipinski definition) is 2. The molecule has 2 rings (SSSR count). The van der Waals surface area contributed by atoms with Crippen LogP contribution in [0.5, 0.6) is 0 Å². The van der Waals surface area contributed by atoms with Crippen LogP contribution in [0.4, 0.5) is 0 Å². The third-order valence-corrected chi connectivity index (χ3v) is 2.18. The Morgan fingerprint density at radius 3 is 2.57 bits per heavy atom. The lowest BCUT2D eigenvalue weighted by molar-refractivity contribution is 0.738. The maximum atomic E-state index is 5.81. The summed E-state index contributed by atoms with van der Waals surface area (Å²) < 4.78 is 0. The van der Waals surface area contributed by atoms with Crippen LogP contribution in [-0.4, -0.2) is 16.5 Å². The van der Waals surface area contributed by atoms with Crippen molar-refractivity contribution in [2.24, 2.45) is 11.5 Å². The molecule has 14 heavy (non-hydrogen) atoms. The van der Waals surface area contributed by atoms with Crippen molar-refractivity contribution in [3.05, 3.63) is 36.2 Å². The Hall–Kier alpha value is -1.52. The summed E-state index contributed by atoms with van der Waals surface area (Å²) in [5, 5.41) is 0. The molecule has 1 heterocycles. The molecular weight excluding hydrogens is 176 g/mol. The zero-order valence-electron chi connectivity index (χ0n) is 7.72. The second-order valence-electron chi connectivity index (χ2n) is 3.15. The molecule has 0 radical (unpaired) electrons. The van der Waals surface area contributed by atoms with E-state index in [4.69, 9.17) is 11.5 Å². The van der Waals surface area contributed by atoms with Gasteiger partial charge >= 0.3 is 0 Å². The third-order valence-electron chi connectivity index (χ3n) is 2.18. The van der Waals surface area contributed by atoms with E-state index in [0.717, 1.165) is 16.6 Å². The van der Waals surface area contributed by atoms with Crippen molar-refractivity contribution in [3.8, 4) is 0 Å². The quantitative estimate of drug-likeness (QED) is 0.723. The molecule has 1 unspecified atom stereocenters. The summed E-state index contributed by atoms with van der Waals surface area (Å²) in [5.74, 6) is 0. The van der Waals surface area contributed by atoms with Gasteiger partial charge in [-0.25, -0.2) is 0 Å². The van der Waals surface area contributed by atoms with Crippen LogP contribution in [0.1, 0.15) is 11.6 Å². The van der Waals surface area contributed by atoms with Crippen LogP contribution in [0.25, 0.3) is 11.0 Å². The molecule has 0 spiro atoms. The minimum Gasteiger partial charge on any atom is -0.329 e. The average molecular weight is 188 g/mol. The van der Waals surface area contributed by atoms with Gasteiger partial charge in [0.15, 0.2) is 0 Å². The lowest BCUT2D eigenvalue weighted by Gasteiger charge is -2.08. The van der Waals surface area contributed by atoms with Gasteiger partial charge in [-0.1, -0.05) is 6.07 Å². The largest absolute Gasteiger partial charge is 0.329 e. The zero-order chi connectivity index (χ0) is 9.97. The predicted octanol–water partition coefficient (Wildman–Crippen LogP) is 0.588. The highest BCUT2D eigenvalue weighted by molar-refractivity contribution is 5.74. The minimum atomic E-state index is -0.124. The van der Waals surface area contributed by atoms with Gasteiger partial charge in [0, 0.05) is 25.0 Å². The molecule has 0 amide bonds. The highest BCUT2D eigenvalue weighted by atomic mass is 14.8. The van der Waals surface area contributed by atoms with Crippen LogP contribution in [0, 0.1) is 0 Å². The summed E-state index contributed by atoms with van der Waals surface area (Å²) in [4.78, 5) is 8.37. The molecule has 0 aliphatic heterocycles. The summed E-state index contributed by atoms with van der Waals surface area (Å²) >= 11 is 0. The van der Waals surface area contributed by atoms with Gasteiger partial charge < -0.3 is 11.5 Å². The maximum Gasteiger partial charge on any atom is 0.0890 e. The molecule has 0 saturated heterocycles. The SMILES string of the molecule is NCC(N)c1ccc2nccnc2c1. The van der Waals surface area contributed by atoms with E-state index in [0.29, 0.717) is 6.54 Å². The van der Waals surface area contributed by atoms with Crippen molar-refractivity contribution >= 4 is 11.0 Å². The minimum absolute atomic E-state index is 0.124. The highest BCUT2D eigenvalue weighted by Gasteiger charge is 2.04. The molecule has 0 aliphatic carbocycles. The van der Waals surface area contributed by atoms with E-state index in [1.54, 1.807) is 12.4 Å². The number of nitrogens with zero attached hydrogens (tertiary/aromatic N) is 2. The molecule has 4 heteroatoms. The fourth-order valence-corrected chi connectivity index (χ4v) is 1.35. The van der Waals surface area contributed by atoms with Crippen LogP contribution >= 0.6 is 0 Å². The summed E-state index contributed by atoms with van der Waals surface area (Å²) in [5.41, 5.74) is 14.0. The van der Waals surface area contributed by atoms with Gasteiger partial charge in [0.05, 0.1) is 11.0 Å². The van der Waals surface area contributed by atoms with E-state index in [-0.39, 0.29) is 6.04 Å². The number of rotatable bonds is 2. The molecule has 0 saturated carbocycles. The molecule has 0 aliphatic rings. The Kier molecular flexibility index (Phi) is 2.39. The normalized spacial score (nSPS) is 13.0. The maximum absolute atomic E-state index is 5.81. The van der Waals surface area contributed by atoms with Gasteiger partial charge in [-0.15, -0.1) is 0 Å². The van der Waals surface area contributed by atoms with Gasteiger partial charge in [0.25, 0.3) is 0 Å². The smallest absolute Gasteiger partial charge is 0.0890 e. The first-order chi connectivity index (χ1) is 6.81. The molecule has 1 atom stereocenters. The first kappa shape index (κ1) is 9.05. The van der Waals surface area contributed by atoms with E-state index >= 15 is 0 Å². The summed E-state index contributed by atoms with van der Waals surface area (Å²) in [6.45, 7) is 0.436. The Morgan fingerprint density at radius 2 is 1.86 bits per heavy atom. The molecule has 0 fully saturated rings. The summed E-state index contributed by atoms with van der Waals surface area (Å²) in [7, 11) is 0. The van der Waals surface area contributed by atoms with Gasteiger partial charge in [0.2, 0.25) is 0 Å². The average Bonchev–Trinajstić information content (AvgIpc) is 2.27. The Labute approximate surface area is 82.0 Å². The molecule has 0 bridgehead atoms. The molecule has 1 aromatic heterocycles.